The van der Waals surface area contributed by atoms with Gasteiger partial charge in [-0.15, -0.1) is 11.8 Å². The van der Waals surface area contributed by atoms with Gasteiger partial charge < -0.3 is 9.84 Å². The summed E-state index contributed by atoms with van der Waals surface area (Å²) in [5.74, 6) is 0.649. The molecule has 5 nitrogen and oxygen atoms in total. The van der Waals surface area contributed by atoms with Crippen LogP contribution in [0.25, 0.3) is 10.8 Å². The third-order valence-corrected chi connectivity index (χ3v) is 6.22. The summed E-state index contributed by atoms with van der Waals surface area (Å²) in [5.41, 5.74) is 1.18. The van der Waals surface area contributed by atoms with Crippen molar-refractivity contribution in [1.29, 1.82) is 0 Å². The van der Waals surface area contributed by atoms with Crippen molar-refractivity contribution in [2.75, 3.05) is 12.9 Å². The van der Waals surface area contributed by atoms with E-state index in [0.717, 1.165) is 16.5 Å². The zero-order valence-corrected chi connectivity index (χ0v) is 17.0. The molecule has 0 bridgehead atoms. The molecule has 1 unspecified atom stereocenters. The number of carboxylic acid groups (broad SMARTS) is 1. The summed E-state index contributed by atoms with van der Waals surface area (Å²) in [6, 6.07) is 20.3. The van der Waals surface area contributed by atoms with E-state index in [1.54, 1.807) is 18.9 Å². The van der Waals surface area contributed by atoms with Gasteiger partial charge in [-0.1, -0.05) is 42.5 Å². The van der Waals surface area contributed by atoms with Gasteiger partial charge in [-0.2, -0.15) is 0 Å². The van der Waals surface area contributed by atoms with Crippen LogP contribution in [0.3, 0.4) is 0 Å². The van der Waals surface area contributed by atoms with Crippen LogP contribution < -0.4 is 15.5 Å². The monoisotopic (exact) mass is 406 g/mol. The van der Waals surface area contributed by atoms with Gasteiger partial charge in [0.2, 0.25) is 4.99 Å². The van der Waals surface area contributed by atoms with Crippen molar-refractivity contribution in [3.8, 4) is 5.75 Å². The minimum atomic E-state index is -0.776. The van der Waals surface area contributed by atoms with Crippen LogP contribution in [-0.4, -0.2) is 28.9 Å². The van der Waals surface area contributed by atoms with Gasteiger partial charge in [-0.3, -0.25) is 4.79 Å². The third kappa shape index (κ3) is 4.27. The highest BCUT2D eigenvalue weighted by Gasteiger charge is 2.33. The van der Waals surface area contributed by atoms with Crippen LogP contribution in [0, 0.1) is 0 Å². The number of rotatable bonds is 8. The quantitative estimate of drug-likeness (QED) is 0.580. The fourth-order valence-corrected chi connectivity index (χ4v) is 4.76. The Bertz CT molecular complexity index is 1170. The molecule has 0 aliphatic carbocycles. The minimum Gasteiger partial charge on any atom is -0.497 e. The molecule has 1 aliphatic heterocycles. The van der Waals surface area contributed by atoms with Crippen LogP contribution >= 0.6 is 11.8 Å². The summed E-state index contributed by atoms with van der Waals surface area (Å²) in [4.78, 5) is 20.1. The van der Waals surface area contributed by atoms with Crippen LogP contribution in [0.15, 0.2) is 70.6 Å². The number of aliphatic carboxylic acids is 1. The number of thioether (sulfide) groups is 1. The van der Waals surface area contributed by atoms with Crippen molar-refractivity contribution in [3.05, 3.63) is 76.9 Å². The molecule has 3 aromatic carbocycles. The first-order valence-corrected chi connectivity index (χ1v) is 10.5. The number of fused-ring (bicyclic) bond motifs is 2. The Hall–Kier alpha value is -2.86. The number of methoxy groups -OCH3 is 1. The van der Waals surface area contributed by atoms with Crippen LogP contribution in [0.5, 0.6) is 5.75 Å². The Morgan fingerprint density at radius 2 is 1.86 bits per heavy atom. The molecule has 1 N–H and O–H groups in total. The zero-order valence-electron chi connectivity index (χ0n) is 16.2. The van der Waals surface area contributed by atoms with E-state index in [4.69, 9.17) is 19.8 Å². The van der Waals surface area contributed by atoms with Crippen LogP contribution in [-0.2, 0) is 11.2 Å². The first-order chi connectivity index (χ1) is 14.1. The molecule has 1 heterocycles. The van der Waals surface area contributed by atoms with Crippen molar-refractivity contribution < 1.29 is 14.6 Å². The Labute approximate surface area is 173 Å². The highest BCUT2D eigenvalue weighted by atomic mass is 32.2. The lowest BCUT2D eigenvalue weighted by atomic mass is 10.0. The molecule has 3 aromatic rings. The Kier molecular flexibility index (Phi) is 5.53. The van der Waals surface area contributed by atoms with E-state index in [-0.39, 0.29) is 6.42 Å². The van der Waals surface area contributed by atoms with E-state index in [1.807, 2.05) is 30.3 Å². The number of hydrogen-bond acceptors (Lipinski definition) is 5. The first kappa shape index (κ1) is 19.5. The standard InChI is InChI=1S/C23H22N2O3S/c1-28-18-11-12-20-21(14-18)25-23(24-20,29-13-5-10-22(26)27)15-17-8-4-7-16-6-2-3-9-19(16)17/h2-4,6-9,11-12,14H,5,10,13,15H2,1H3,(H,26,27). The van der Waals surface area contributed by atoms with Crippen molar-refractivity contribution in [2.24, 2.45) is 9.98 Å². The van der Waals surface area contributed by atoms with Crippen molar-refractivity contribution in [3.63, 3.8) is 0 Å². The van der Waals surface area contributed by atoms with Gasteiger partial charge in [0.05, 0.1) is 17.8 Å². The van der Waals surface area contributed by atoms with Crippen LogP contribution in [0.1, 0.15) is 18.4 Å². The summed E-state index contributed by atoms with van der Waals surface area (Å²) < 4.78 is 5.33. The average Bonchev–Trinajstić information content (AvgIpc) is 3.08. The summed E-state index contributed by atoms with van der Waals surface area (Å²) in [6.45, 7) is 0. The maximum atomic E-state index is 10.9. The Morgan fingerprint density at radius 1 is 1.07 bits per heavy atom. The van der Waals surface area contributed by atoms with Crippen molar-refractivity contribution in [2.45, 2.75) is 24.3 Å². The predicted octanol–water partition coefficient (Wildman–Crippen LogP) is 3.60. The molecule has 0 amide bonds. The smallest absolute Gasteiger partial charge is 0.303 e. The van der Waals surface area contributed by atoms with E-state index in [0.29, 0.717) is 18.6 Å². The number of hydrogen-bond donors (Lipinski definition) is 1. The molecule has 0 aromatic heterocycles. The van der Waals surface area contributed by atoms with Crippen molar-refractivity contribution in [1.82, 2.24) is 0 Å². The summed E-state index contributed by atoms with van der Waals surface area (Å²) >= 11 is 1.61. The topological polar surface area (TPSA) is 71.2 Å². The van der Waals surface area contributed by atoms with E-state index >= 15 is 0 Å². The fourth-order valence-electron chi connectivity index (χ4n) is 3.56. The number of ether oxygens (including phenoxy) is 1. The van der Waals surface area contributed by atoms with Gasteiger partial charge in [-0.05, 0) is 40.6 Å². The molecule has 1 atom stereocenters. The van der Waals surface area contributed by atoms with E-state index in [2.05, 4.69) is 30.3 Å². The second kappa shape index (κ2) is 8.25. The summed E-state index contributed by atoms with van der Waals surface area (Å²) in [7, 11) is 1.64. The maximum absolute atomic E-state index is 10.9. The predicted molar refractivity (Wildman–Crippen MR) is 115 cm³/mol. The molecule has 1 aliphatic rings. The van der Waals surface area contributed by atoms with Gasteiger partial charge in [0.25, 0.3) is 0 Å². The van der Waals surface area contributed by atoms with Gasteiger partial charge in [0.15, 0.2) is 0 Å². The van der Waals surface area contributed by atoms with Gasteiger partial charge in [0.1, 0.15) is 5.75 Å². The lowest BCUT2D eigenvalue weighted by Crippen LogP contribution is -2.23. The Morgan fingerprint density at radius 3 is 2.69 bits per heavy atom. The van der Waals surface area contributed by atoms with Crippen molar-refractivity contribution >= 4 is 28.5 Å². The Balaban J connectivity index is 1.71. The summed E-state index contributed by atoms with van der Waals surface area (Å²) in [6.07, 6.45) is 1.38. The molecule has 4 rings (SSSR count). The first-order valence-electron chi connectivity index (χ1n) is 9.55. The normalized spacial score (nSPS) is 17.4. The van der Waals surface area contributed by atoms with Crippen LogP contribution in [0.2, 0.25) is 0 Å². The number of carboxylic acids is 1. The van der Waals surface area contributed by atoms with E-state index < -0.39 is 11.0 Å². The van der Waals surface area contributed by atoms with Gasteiger partial charge in [0, 0.05) is 18.9 Å². The maximum Gasteiger partial charge on any atom is 0.303 e. The second-order valence-electron chi connectivity index (χ2n) is 6.98. The lowest BCUT2D eigenvalue weighted by molar-refractivity contribution is -0.137. The third-order valence-electron chi connectivity index (χ3n) is 4.94. The number of benzene rings is 3. The molecule has 0 fully saturated rings. The lowest BCUT2D eigenvalue weighted by Gasteiger charge is -2.23. The highest BCUT2D eigenvalue weighted by molar-refractivity contribution is 8.00. The molecular weight excluding hydrogens is 384 g/mol. The fraction of sp³-hybridized carbons (Fsp3) is 0.261. The summed E-state index contributed by atoms with van der Waals surface area (Å²) in [5, 5.41) is 13.0. The average molecular weight is 407 g/mol. The SMILES string of the molecule is COc1ccc2c(c1)=NC(Cc1cccc3ccccc13)(SCCCC(=O)O)N=2. The largest absolute Gasteiger partial charge is 0.497 e. The zero-order chi connectivity index (χ0) is 20.3. The molecule has 29 heavy (non-hydrogen) atoms. The molecule has 6 heteroatoms. The highest BCUT2D eigenvalue weighted by Crippen LogP contribution is 2.36. The van der Waals surface area contributed by atoms with Gasteiger partial charge in [-0.25, -0.2) is 9.98 Å². The second-order valence-corrected chi connectivity index (χ2v) is 8.33. The number of nitrogens with zero attached hydrogens (tertiary/aromatic N) is 2. The van der Waals surface area contributed by atoms with Gasteiger partial charge >= 0.3 is 5.97 Å². The van der Waals surface area contributed by atoms with Crippen LogP contribution in [0.4, 0.5) is 0 Å². The molecular formula is C23H22N2O3S. The molecule has 0 saturated heterocycles. The van der Waals surface area contributed by atoms with E-state index in [1.165, 1.54) is 16.3 Å². The minimum absolute atomic E-state index is 0.151. The number of carbonyl (C=O) groups is 1. The molecule has 0 saturated carbocycles. The molecule has 0 spiro atoms. The molecule has 0 radical (unpaired) electrons. The molecule has 148 valence electrons. The van der Waals surface area contributed by atoms with E-state index in [9.17, 15) is 4.79 Å².